The number of rotatable bonds is 16. The van der Waals surface area contributed by atoms with Crippen molar-refractivity contribution in [3.05, 3.63) is 0 Å². The second-order valence-corrected chi connectivity index (χ2v) is 7.24. The lowest BCUT2D eigenvalue weighted by atomic mass is 10.1. The number of carbonyl (C=O) groups excluding carboxylic acids is 1. The molecule has 0 unspecified atom stereocenters. The monoisotopic (exact) mass is 390 g/mol. The molecule has 23 heavy (non-hydrogen) atoms. The summed E-state index contributed by atoms with van der Waals surface area (Å²) >= 11 is 3.45. The Morgan fingerprint density at radius 3 is 1.83 bits per heavy atom. The summed E-state index contributed by atoms with van der Waals surface area (Å²) in [6, 6.07) is 0.151. The predicted molar refractivity (Wildman–Crippen MR) is 106 cm³/mol. The first-order valence-corrected chi connectivity index (χ1v) is 11.0. The van der Waals surface area contributed by atoms with Crippen LogP contribution >= 0.6 is 15.9 Å². The van der Waals surface area contributed by atoms with Gasteiger partial charge in [-0.1, -0.05) is 81.1 Å². The molecule has 0 aliphatic heterocycles. The molecular weight excluding hydrogens is 352 g/mol. The summed E-state index contributed by atoms with van der Waals surface area (Å²) in [6.07, 6.45) is 14.6. The Hall–Kier alpha value is -0.250. The van der Waals surface area contributed by atoms with Crippen LogP contribution in [0.3, 0.4) is 0 Å². The van der Waals surface area contributed by atoms with Gasteiger partial charge in [-0.2, -0.15) is 0 Å². The summed E-state index contributed by atoms with van der Waals surface area (Å²) in [7, 11) is 0. The highest BCUT2D eigenvalue weighted by atomic mass is 79.9. The van der Waals surface area contributed by atoms with Gasteiger partial charge in [0, 0.05) is 25.0 Å². The lowest BCUT2D eigenvalue weighted by Crippen LogP contribution is -2.41. The standard InChI is InChI=1S/C19H39BrN2O/c1-3-5-7-13-17-22(18-14-8-6-4-2)19(23)21-16-12-10-9-11-15-20/h3-18H2,1-2H3,(H,21,23). The maximum absolute atomic E-state index is 12.4. The van der Waals surface area contributed by atoms with Crippen molar-refractivity contribution in [2.24, 2.45) is 0 Å². The summed E-state index contributed by atoms with van der Waals surface area (Å²) in [6.45, 7) is 7.11. The molecule has 0 aromatic heterocycles. The van der Waals surface area contributed by atoms with Gasteiger partial charge in [0.1, 0.15) is 0 Å². The van der Waals surface area contributed by atoms with E-state index < -0.39 is 0 Å². The Bertz CT molecular complexity index is 250. The average Bonchev–Trinajstić information content (AvgIpc) is 2.56. The minimum Gasteiger partial charge on any atom is -0.338 e. The molecule has 0 bridgehead atoms. The zero-order valence-corrected chi connectivity index (χ0v) is 17.1. The van der Waals surface area contributed by atoms with Gasteiger partial charge in [0.05, 0.1) is 0 Å². The molecule has 2 amide bonds. The van der Waals surface area contributed by atoms with Crippen LogP contribution < -0.4 is 5.32 Å². The first-order chi connectivity index (χ1) is 11.3. The van der Waals surface area contributed by atoms with Crippen molar-refractivity contribution < 1.29 is 4.79 Å². The van der Waals surface area contributed by atoms with Crippen molar-refractivity contribution >= 4 is 22.0 Å². The van der Waals surface area contributed by atoms with Crippen LogP contribution in [0.1, 0.15) is 90.9 Å². The molecule has 0 aliphatic carbocycles. The molecule has 0 aromatic carbocycles. The van der Waals surface area contributed by atoms with Crippen molar-refractivity contribution in [1.82, 2.24) is 10.2 Å². The topological polar surface area (TPSA) is 32.3 Å². The number of hydrogen-bond acceptors (Lipinski definition) is 1. The van der Waals surface area contributed by atoms with E-state index in [1.54, 1.807) is 0 Å². The number of carbonyl (C=O) groups is 1. The van der Waals surface area contributed by atoms with Crippen LogP contribution in [-0.4, -0.2) is 35.9 Å². The molecule has 0 atom stereocenters. The van der Waals surface area contributed by atoms with Gasteiger partial charge in [0.2, 0.25) is 0 Å². The van der Waals surface area contributed by atoms with Gasteiger partial charge >= 0.3 is 6.03 Å². The summed E-state index contributed by atoms with van der Waals surface area (Å²) in [5.74, 6) is 0. The molecule has 0 spiro atoms. The first kappa shape index (κ1) is 22.8. The maximum atomic E-state index is 12.4. The van der Waals surface area contributed by atoms with Gasteiger partial charge in [-0.05, 0) is 25.7 Å². The number of hydrogen-bond donors (Lipinski definition) is 1. The van der Waals surface area contributed by atoms with E-state index in [1.165, 1.54) is 57.8 Å². The van der Waals surface area contributed by atoms with Crippen LogP contribution in [0.5, 0.6) is 0 Å². The fraction of sp³-hybridized carbons (Fsp3) is 0.947. The number of halogens is 1. The Morgan fingerprint density at radius 1 is 0.783 bits per heavy atom. The molecule has 138 valence electrons. The van der Waals surface area contributed by atoms with Crippen molar-refractivity contribution in [3.63, 3.8) is 0 Å². The highest BCUT2D eigenvalue weighted by Crippen LogP contribution is 2.06. The number of unbranched alkanes of at least 4 members (excludes halogenated alkanes) is 9. The molecule has 0 aromatic rings. The highest BCUT2D eigenvalue weighted by molar-refractivity contribution is 9.09. The zero-order valence-electron chi connectivity index (χ0n) is 15.5. The predicted octanol–water partition coefficient (Wildman–Crippen LogP) is 6.11. The number of urea groups is 1. The largest absolute Gasteiger partial charge is 0.338 e. The van der Waals surface area contributed by atoms with Crippen molar-refractivity contribution in [2.45, 2.75) is 90.9 Å². The fourth-order valence-electron chi connectivity index (χ4n) is 2.65. The van der Waals surface area contributed by atoms with E-state index in [9.17, 15) is 4.79 Å². The molecule has 0 saturated carbocycles. The second kappa shape index (κ2) is 18.1. The Balaban J connectivity index is 3.95. The Morgan fingerprint density at radius 2 is 1.30 bits per heavy atom. The molecule has 0 radical (unpaired) electrons. The number of amides is 2. The van der Waals surface area contributed by atoms with Crippen LogP contribution in [0.2, 0.25) is 0 Å². The van der Waals surface area contributed by atoms with E-state index in [-0.39, 0.29) is 6.03 Å². The lowest BCUT2D eigenvalue weighted by molar-refractivity contribution is 0.195. The van der Waals surface area contributed by atoms with E-state index in [2.05, 4.69) is 35.1 Å². The normalized spacial score (nSPS) is 10.7. The first-order valence-electron chi connectivity index (χ1n) is 9.85. The molecular formula is C19H39BrN2O. The average molecular weight is 391 g/mol. The van der Waals surface area contributed by atoms with Gasteiger partial charge in [-0.25, -0.2) is 4.79 Å². The summed E-state index contributed by atoms with van der Waals surface area (Å²) in [5.41, 5.74) is 0. The Labute approximate surface area is 153 Å². The van der Waals surface area contributed by atoms with Gasteiger partial charge in [-0.3, -0.25) is 0 Å². The van der Waals surface area contributed by atoms with Gasteiger partial charge in [0.15, 0.2) is 0 Å². The molecule has 4 heteroatoms. The Kier molecular flexibility index (Phi) is 17.9. The van der Waals surface area contributed by atoms with Crippen LogP contribution in [0.25, 0.3) is 0 Å². The van der Waals surface area contributed by atoms with Crippen LogP contribution in [0, 0.1) is 0 Å². The lowest BCUT2D eigenvalue weighted by Gasteiger charge is -2.23. The highest BCUT2D eigenvalue weighted by Gasteiger charge is 2.11. The van der Waals surface area contributed by atoms with E-state index >= 15 is 0 Å². The van der Waals surface area contributed by atoms with Gasteiger partial charge in [0.25, 0.3) is 0 Å². The molecule has 3 nitrogen and oxygen atoms in total. The minimum atomic E-state index is 0.151. The van der Waals surface area contributed by atoms with Crippen LogP contribution in [0.4, 0.5) is 4.79 Å². The smallest absolute Gasteiger partial charge is 0.317 e. The van der Waals surface area contributed by atoms with Gasteiger partial charge < -0.3 is 10.2 Å². The zero-order chi connectivity index (χ0) is 17.2. The van der Waals surface area contributed by atoms with E-state index in [1.807, 2.05) is 4.90 Å². The fourth-order valence-corrected chi connectivity index (χ4v) is 3.05. The third kappa shape index (κ3) is 15.0. The SMILES string of the molecule is CCCCCCN(CCCCCC)C(=O)NCCCCCCBr. The van der Waals surface area contributed by atoms with Crippen molar-refractivity contribution in [1.29, 1.82) is 0 Å². The number of nitrogens with one attached hydrogen (secondary N) is 1. The molecule has 0 rings (SSSR count). The van der Waals surface area contributed by atoms with Crippen LogP contribution in [-0.2, 0) is 0 Å². The second-order valence-electron chi connectivity index (χ2n) is 6.44. The summed E-state index contributed by atoms with van der Waals surface area (Å²) in [5, 5.41) is 4.20. The minimum absolute atomic E-state index is 0.151. The molecule has 1 N–H and O–H groups in total. The quantitative estimate of drug-likeness (QED) is 0.250. The van der Waals surface area contributed by atoms with Crippen molar-refractivity contribution in [3.8, 4) is 0 Å². The molecule has 0 heterocycles. The molecule has 0 aliphatic rings. The molecule has 0 fully saturated rings. The summed E-state index contributed by atoms with van der Waals surface area (Å²) < 4.78 is 0. The van der Waals surface area contributed by atoms with Gasteiger partial charge in [-0.15, -0.1) is 0 Å². The van der Waals surface area contributed by atoms with E-state index in [4.69, 9.17) is 0 Å². The van der Waals surface area contributed by atoms with E-state index in [0.717, 1.165) is 44.2 Å². The maximum Gasteiger partial charge on any atom is 0.317 e. The third-order valence-corrected chi connectivity index (χ3v) is 4.75. The van der Waals surface area contributed by atoms with Crippen molar-refractivity contribution in [2.75, 3.05) is 25.0 Å². The molecule has 0 saturated heterocycles. The van der Waals surface area contributed by atoms with Crippen LogP contribution in [0.15, 0.2) is 0 Å². The number of nitrogens with zero attached hydrogens (tertiary/aromatic N) is 1. The number of alkyl halides is 1. The van der Waals surface area contributed by atoms with E-state index in [0.29, 0.717) is 0 Å². The third-order valence-electron chi connectivity index (χ3n) is 4.19. The summed E-state index contributed by atoms with van der Waals surface area (Å²) in [4.78, 5) is 14.4.